The highest BCUT2D eigenvalue weighted by atomic mass is 16.5. The first-order valence-electron chi connectivity index (χ1n) is 7.55. The van der Waals surface area contributed by atoms with Crippen LogP contribution in [0.2, 0.25) is 0 Å². The van der Waals surface area contributed by atoms with Gasteiger partial charge in [0.05, 0.1) is 12.2 Å². The number of carbonyl (C=O) groups is 1. The minimum atomic E-state index is -0.932. The predicted molar refractivity (Wildman–Crippen MR) is 76.3 cm³/mol. The molecule has 0 saturated heterocycles. The lowest BCUT2D eigenvalue weighted by atomic mass is 10.1. The third-order valence-corrected chi connectivity index (χ3v) is 3.40. The Bertz CT molecular complexity index is 228. The number of carboxylic acids is 1. The zero-order valence-electron chi connectivity index (χ0n) is 12.6. The molecule has 0 radical (unpaired) electrons. The standard InChI is InChI=1S/C15H30O4/c1-4-5-6-7-8-9-10-11-14(15(17)18)19-13(3)12(2)16/h12-14,16H,4-11H2,1-3H3,(H,17,18). The molecule has 0 saturated carbocycles. The van der Waals surface area contributed by atoms with Crippen molar-refractivity contribution in [3.05, 3.63) is 0 Å². The second-order valence-electron chi connectivity index (χ2n) is 5.32. The molecule has 0 aromatic rings. The molecule has 3 atom stereocenters. The summed E-state index contributed by atoms with van der Waals surface area (Å²) < 4.78 is 5.37. The third-order valence-electron chi connectivity index (χ3n) is 3.40. The third kappa shape index (κ3) is 9.91. The number of aliphatic hydroxyl groups excluding tert-OH is 1. The summed E-state index contributed by atoms with van der Waals surface area (Å²) in [5.74, 6) is -0.932. The van der Waals surface area contributed by atoms with Gasteiger partial charge in [-0.25, -0.2) is 4.79 Å². The van der Waals surface area contributed by atoms with E-state index in [1.165, 1.54) is 25.7 Å². The summed E-state index contributed by atoms with van der Waals surface area (Å²) in [5.41, 5.74) is 0. The van der Waals surface area contributed by atoms with Crippen molar-refractivity contribution in [2.75, 3.05) is 0 Å². The Morgan fingerprint density at radius 1 is 1.05 bits per heavy atom. The first-order valence-corrected chi connectivity index (χ1v) is 7.55. The van der Waals surface area contributed by atoms with Crippen molar-refractivity contribution in [3.8, 4) is 0 Å². The van der Waals surface area contributed by atoms with Crippen LogP contribution in [0.1, 0.15) is 72.1 Å². The van der Waals surface area contributed by atoms with E-state index in [0.29, 0.717) is 6.42 Å². The van der Waals surface area contributed by atoms with Crippen LogP contribution >= 0.6 is 0 Å². The topological polar surface area (TPSA) is 66.8 Å². The molecule has 0 amide bonds. The molecule has 0 aromatic heterocycles. The quantitative estimate of drug-likeness (QED) is 0.535. The summed E-state index contributed by atoms with van der Waals surface area (Å²) in [4.78, 5) is 11.1. The molecule has 0 aliphatic heterocycles. The van der Waals surface area contributed by atoms with Crippen LogP contribution in [-0.4, -0.2) is 34.5 Å². The average Bonchev–Trinajstić information content (AvgIpc) is 2.35. The smallest absolute Gasteiger partial charge is 0.332 e. The van der Waals surface area contributed by atoms with E-state index in [0.717, 1.165) is 19.3 Å². The molecule has 2 N–H and O–H groups in total. The number of hydrogen-bond donors (Lipinski definition) is 2. The number of unbranched alkanes of at least 4 members (excludes halogenated alkanes) is 6. The van der Waals surface area contributed by atoms with E-state index < -0.39 is 24.3 Å². The average molecular weight is 274 g/mol. The molecule has 0 aromatic carbocycles. The van der Waals surface area contributed by atoms with E-state index in [1.807, 2.05) is 0 Å². The van der Waals surface area contributed by atoms with Gasteiger partial charge in [-0.3, -0.25) is 0 Å². The van der Waals surface area contributed by atoms with Crippen LogP contribution in [0.4, 0.5) is 0 Å². The summed E-state index contributed by atoms with van der Waals surface area (Å²) in [6.45, 7) is 5.50. The van der Waals surface area contributed by atoms with Crippen LogP contribution in [0.15, 0.2) is 0 Å². The SMILES string of the molecule is CCCCCCCCCC(OC(C)C(C)O)C(=O)O. The van der Waals surface area contributed by atoms with Crippen molar-refractivity contribution < 1.29 is 19.7 Å². The van der Waals surface area contributed by atoms with Crippen molar-refractivity contribution in [2.45, 2.75) is 90.4 Å². The van der Waals surface area contributed by atoms with Crippen LogP contribution in [-0.2, 0) is 9.53 Å². The van der Waals surface area contributed by atoms with Gasteiger partial charge in [-0.2, -0.15) is 0 Å². The predicted octanol–water partition coefficient (Wildman–Crippen LogP) is 3.37. The number of ether oxygens (including phenoxy) is 1. The molecule has 0 aliphatic carbocycles. The van der Waals surface area contributed by atoms with E-state index in [-0.39, 0.29) is 0 Å². The van der Waals surface area contributed by atoms with Gasteiger partial charge in [0.1, 0.15) is 0 Å². The molecule has 0 heterocycles. The second-order valence-corrected chi connectivity index (χ2v) is 5.32. The minimum absolute atomic E-state index is 0.439. The molecule has 19 heavy (non-hydrogen) atoms. The summed E-state index contributed by atoms with van der Waals surface area (Å²) >= 11 is 0. The molecule has 114 valence electrons. The van der Waals surface area contributed by atoms with Gasteiger partial charge in [0.15, 0.2) is 6.10 Å². The fraction of sp³-hybridized carbons (Fsp3) is 0.933. The number of aliphatic carboxylic acids is 1. The van der Waals surface area contributed by atoms with E-state index >= 15 is 0 Å². The normalized spacial score (nSPS) is 16.0. The maximum absolute atomic E-state index is 11.1. The summed E-state index contributed by atoms with van der Waals surface area (Å²) in [6.07, 6.45) is 6.78. The van der Waals surface area contributed by atoms with Crippen molar-refractivity contribution in [1.82, 2.24) is 0 Å². The Hall–Kier alpha value is -0.610. The van der Waals surface area contributed by atoms with Crippen LogP contribution in [0.25, 0.3) is 0 Å². The van der Waals surface area contributed by atoms with Crippen molar-refractivity contribution in [1.29, 1.82) is 0 Å². The lowest BCUT2D eigenvalue weighted by molar-refractivity contribution is -0.158. The monoisotopic (exact) mass is 274 g/mol. The lowest BCUT2D eigenvalue weighted by Crippen LogP contribution is -2.33. The molecule has 4 heteroatoms. The molecule has 4 nitrogen and oxygen atoms in total. The number of carboxylic acid groups (broad SMARTS) is 1. The van der Waals surface area contributed by atoms with Gasteiger partial charge >= 0.3 is 5.97 Å². The van der Waals surface area contributed by atoms with Gasteiger partial charge in [-0.05, 0) is 20.3 Å². The van der Waals surface area contributed by atoms with E-state index in [2.05, 4.69) is 6.92 Å². The highest BCUT2D eigenvalue weighted by molar-refractivity contribution is 5.72. The summed E-state index contributed by atoms with van der Waals surface area (Å²) in [5, 5.41) is 18.4. The molecular weight excluding hydrogens is 244 g/mol. The van der Waals surface area contributed by atoms with Gasteiger partial charge in [-0.1, -0.05) is 51.9 Å². The van der Waals surface area contributed by atoms with E-state index in [4.69, 9.17) is 9.84 Å². The molecule has 0 spiro atoms. The minimum Gasteiger partial charge on any atom is -0.479 e. The zero-order chi connectivity index (χ0) is 14.7. The summed E-state index contributed by atoms with van der Waals surface area (Å²) in [6, 6.07) is 0. The Morgan fingerprint density at radius 3 is 2.05 bits per heavy atom. The molecule has 0 fully saturated rings. The lowest BCUT2D eigenvalue weighted by Gasteiger charge is -2.21. The van der Waals surface area contributed by atoms with Gasteiger partial charge in [0.2, 0.25) is 0 Å². The first kappa shape index (κ1) is 18.4. The van der Waals surface area contributed by atoms with Crippen LogP contribution < -0.4 is 0 Å². The van der Waals surface area contributed by atoms with Crippen molar-refractivity contribution in [3.63, 3.8) is 0 Å². The fourth-order valence-corrected chi connectivity index (χ4v) is 1.91. The van der Waals surface area contributed by atoms with Gasteiger partial charge in [-0.15, -0.1) is 0 Å². The molecule has 0 bridgehead atoms. The van der Waals surface area contributed by atoms with Crippen molar-refractivity contribution >= 4 is 5.97 Å². The van der Waals surface area contributed by atoms with Gasteiger partial charge in [0, 0.05) is 0 Å². The molecule has 3 unspecified atom stereocenters. The largest absolute Gasteiger partial charge is 0.479 e. The molecule has 0 rings (SSSR count). The van der Waals surface area contributed by atoms with Gasteiger partial charge in [0.25, 0.3) is 0 Å². The van der Waals surface area contributed by atoms with Crippen LogP contribution in [0, 0.1) is 0 Å². The van der Waals surface area contributed by atoms with E-state index in [1.54, 1.807) is 13.8 Å². The molecular formula is C15H30O4. The van der Waals surface area contributed by atoms with Crippen LogP contribution in [0.5, 0.6) is 0 Å². The second kappa shape index (κ2) is 11.2. The highest BCUT2D eigenvalue weighted by Gasteiger charge is 2.22. The number of aliphatic hydroxyl groups is 1. The van der Waals surface area contributed by atoms with E-state index in [9.17, 15) is 9.90 Å². The maximum atomic E-state index is 11.1. The van der Waals surface area contributed by atoms with Crippen LogP contribution in [0.3, 0.4) is 0 Å². The molecule has 0 aliphatic rings. The Morgan fingerprint density at radius 2 is 1.58 bits per heavy atom. The fourth-order valence-electron chi connectivity index (χ4n) is 1.91. The number of hydrogen-bond acceptors (Lipinski definition) is 3. The summed E-state index contributed by atoms with van der Waals surface area (Å²) in [7, 11) is 0. The zero-order valence-corrected chi connectivity index (χ0v) is 12.6. The highest BCUT2D eigenvalue weighted by Crippen LogP contribution is 2.13. The van der Waals surface area contributed by atoms with Gasteiger partial charge < -0.3 is 14.9 Å². The van der Waals surface area contributed by atoms with Crippen molar-refractivity contribution in [2.24, 2.45) is 0 Å². The Kier molecular flexibility index (Phi) is 10.9. The Balaban J connectivity index is 3.74. The maximum Gasteiger partial charge on any atom is 0.332 e. The first-order chi connectivity index (χ1) is 8.99. The Labute approximate surface area is 117 Å². The number of rotatable bonds is 12.